The zero-order valence-electron chi connectivity index (χ0n) is 12.8. The van der Waals surface area contributed by atoms with Crippen molar-refractivity contribution in [3.8, 4) is 0 Å². The van der Waals surface area contributed by atoms with E-state index in [-0.39, 0.29) is 18.2 Å². The van der Waals surface area contributed by atoms with E-state index in [9.17, 15) is 19.5 Å². The van der Waals surface area contributed by atoms with Crippen LogP contribution in [0.3, 0.4) is 0 Å². The minimum absolute atomic E-state index is 0.155. The number of aromatic amines is 2. The monoisotopic (exact) mass is 327 g/mol. The van der Waals surface area contributed by atoms with Gasteiger partial charge in [0.15, 0.2) is 0 Å². The quantitative estimate of drug-likeness (QED) is 0.526. The Hall–Kier alpha value is -1.80. The molecule has 0 saturated carbocycles. The van der Waals surface area contributed by atoms with Crippen LogP contribution in [-0.4, -0.2) is 44.6 Å². The van der Waals surface area contributed by atoms with Gasteiger partial charge in [0.1, 0.15) is 0 Å². The van der Waals surface area contributed by atoms with E-state index in [0.29, 0.717) is 16.7 Å². The molecule has 0 unspecified atom stereocenters. The number of nitrogens with one attached hydrogen (secondary N) is 3. The maximum Gasteiger partial charge on any atom is 0.325 e. The van der Waals surface area contributed by atoms with E-state index < -0.39 is 17.2 Å². The lowest BCUT2D eigenvalue weighted by Crippen LogP contribution is -2.38. The Morgan fingerprint density at radius 1 is 1.36 bits per heavy atom. The van der Waals surface area contributed by atoms with Gasteiger partial charge in [-0.25, -0.2) is 4.79 Å². The van der Waals surface area contributed by atoms with Crippen LogP contribution in [0.15, 0.2) is 15.7 Å². The van der Waals surface area contributed by atoms with Gasteiger partial charge in [-0.3, -0.25) is 14.6 Å². The van der Waals surface area contributed by atoms with Crippen LogP contribution in [0.1, 0.15) is 25.1 Å². The predicted molar refractivity (Wildman–Crippen MR) is 88.1 cm³/mol. The molecule has 1 heterocycles. The van der Waals surface area contributed by atoms with Crippen molar-refractivity contribution in [2.75, 3.05) is 12.4 Å². The molecule has 1 rings (SSSR count). The summed E-state index contributed by atoms with van der Waals surface area (Å²) in [6.07, 6.45) is 2.54. The molecule has 0 radical (unpaired) electrons. The van der Waals surface area contributed by atoms with Gasteiger partial charge in [0.05, 0.1) is 18.2 Å². The summed E-state index contributed by atoms with van der Waals surface area (Å²) in [4.78, 5) is 39.1. The molecule has 1 amide bonds. The fraction of sp³-hybridized carbons (Fsp3) is 0.500. The number of aliphatic hydroxyl groups excluding tert-OH is 1. The molecule has 122 valence electrons. The van der Waals surface area contributed by atoms with E-state index in [1.165, 1.54) is 12.2 Å². The smallest absolute Gasteiger partial charge is 0.325 e. The van der Waals surface area contributed by atoms with Crippen molar-refractivity contribution in [1.82, 2.24) is 15.3 Å². The van der Waals surface area contributed by atoms with Crippen molar-refractivity contribution in [1.29, 1.82) is 0 Å². The van der Waals surface area contributed by atoms with Crippen molar-refractivity contribution in [2.24, 2.45) is 0 Å². The van der Waals surface area contributed by atoms with Gasteiger partial charge in [0, 0.05) is 17.5 Å². The molecule has 0 fully saturated rings. The lowest BCUT2D eigenvalue weighted by Gasteiger charge is -2.15. The third-order valence-corrected chi connectivity index (χ3v) is 4.04. The van der Waals surface area contributed by atoms with E-state index in [4.69, 9.17) is 0 Å². The highest BCUT2D eigenvalue weighted by atomic mass is 32.2. The summed E-state index contributed by atoms with van der Waals surface area (Å²) in [7, 11) is 0. The second-order valence-corrected chi connectivity index (χ2v) is 6.66. The number of aromatic nitrogens is 2. The second-order valence-electron chi connectivity index (χ2n) is 5.05. The molecule has 0 bridgehead atoms. The molecule has 4 N–H and O–H groups in total. The molecular formula is C14H21N3O4S. The Morgan fingerprint density at radius 3 is 2.59 bits per heavy atom. The van der Waals surface area contributed by atoms with E-state index in [1.54, 1.807) is 18.7 Å². The minimum atomic E-state index is -0.588. The van der Waals surface area contributed by atoms with E-state index >= 15 is 0 Å². The van der Waals surface area contributed by atoms with E-state index in [1.807, 2.05) is 13.8 Å². The number of H-pyrrole nitrogens is 2. The van der Waals surface area contributed by atoms with Gasteiger partial charge >= 0.3 is 5.69 Å². The predicted octanol–water partition coefficient (Wildman–Crippen LogP) is 0.00352. The third-order valence-electron chi connectivity index (χ3n) is 2.78. The van der Waals surface area contributed by atoms with Crippen LogP contribution < -0.4 is 16.6 Å². The molecule has 0 aliphatic rings. The maximum atomic E-state index is 11.8. The van der Waals surface area contributed by atoms with Gasteiger partial charge in [0.25, 0.3) is 5.56 Å². The van der Waals surface area contributed by atoms with Gasteiger partial charge in [-0.2, -0.15) is 11.8 Å². The largest absolute Gasteiger partial charge is 0.394 e. The molecule has 0 spiro atoms. The number of carbonyl (C=O) groups excluding carboxylic acids is 1. The molecule has 22 heavy (non-hydrogen) atoms. The molecule has 8 heteroatoms. The summed E-state index contributed by atoms with van der Waals surface area (Å²) in [5.74, 6) is 0.194. The van der Waals surface area contributed by atoms with E-state index in [2.05, 4.69) is 15.3 Å². The van der Waals surface area contributed by atoms with Crippen molar-refractivity contribution in [2.45, 2.75) is 32.1 Å². The minimum Gasteiger partial charge on any atom is -0.394 e. The fourth-order valence-electron chi connectivity index (χ4n) is 1.67. The molecule has 0 aliphatic carbocycles. The summed E-state index contributed by atoms with van der Waals surface area (Å²) in [6.45, 7) is 5.49. The average Bonchev–Trinajstić information content (AvgIpc) is 2.41. The Bertz CT molecular complexity index is 648. The summed E-state index contributed by atoms with van der Waals surface area (Å²) in [5, 5.41) is 12.3. The van der Waals surface area contributed by atoms with Crippen LogP contribution in [0.5, 0.6) is 0 Å². The van der Waals surface area contributed by atoms with Crippen LogP contribution in [0, 0.1) is 6.92 Å². The Morgan fingerprint density at radius 2 is 2.05 bits per heavy atom. The van der Waals surface area contributed by atoms with Crippen LogP contribution in [0.4, 0.5) is 0 Å². The first-order valence-electron chi connectivity index (χ1n) is 6.87. The standard InChI is InChI=1S/C14H21N3O4S/c1-8(2)22-7-10(6-18)16-12(19)5-4-11-9(3)15-14(21)17-13(11)20/h4-5,8,10,18H,6-7H2,1-3H3,(H,16,19)(H2,15,17,20,21)/b5-4-/t10-/m1/s1. The summed E-state index contributed by atoms with van der Waals surface area (Å²) in [6, 6.07) is -0.348. The average molecular weight is 327 g/mol. The molecular weight excluding hydrogens is 306 g/mol. The third kappa shape index (κ3) is 5.90. The highest BCUT2D eigenvalue weighted by Gasteiger charge is 2.11. The molecule has 0 aromatic carbocycles. The number of rotatable bonds is 7. The molecule has 1 aromatic heterocycles. The van der Waals surface area contributed by atoms with Crippen LogP contribution in [-0.2, 0) is 4.79 Å². The molecule has 7 nitrogen and oxygen atoms in total. The van der Waals surface area contributed by atoms with Gasteiger partial charge in [-0.05, 0) is 18.2 Å². The first kappa shape index (κ1) is 18.2. The topological polar surface area (TPSA) is 115 Å². The summed E-state index contributed by atoms with van der Waals surface area (Å²) in [5.41, 5.74) is -0.548. The van der Waals surface area contributed by atoms with E-state index in [0.717, 1.165) is 0 Å². The fourth-order valence-corrected chi connectivity index (χ4v) is 2.47. The van der Waals surface area contributed by atoms with Crippen LogP contribution in [0.25, 0.3) is 6.08 Å². The normalized spacial score (nSPS) is 12.8. The lowest BCUT2D eigenvalue weighted by atomic mass is 10.2. The van der Waals surface area contributed by atoms with Crippen molar-refractivity contribution >= 4 is 23.7 Å². The van der Waals surface area contributed by atoms with Gasteiger partial charge < -0.3 is 15.4 Å². The van der Waals surface area contributed by atoms with Gasteiger partial charge in [-0.15, -0.1) is 0 Å². The Balaban J connectivity index is 2.72. The van der Waals surface area contributed by atoms with Crippen molar-refractivity contribution in [3.05, 3.63) is 38.2 Å². The van der Waals surface area contributed by atoms with Gasteiger partial charge in [0.2, 0.25) is 5.91 Å². The SMILES string of the molecule is Cc1[nH]c(=O)[nH]c(=O)c1/C=C\C(=O)N[C@H](CO)CSC(C)C. The second kappa shape index (κ2) is 8.60. The first-order valence-corrected chi connectivity index (χ1v) is 7.92. The molecule has 1 aromatic rings. The number of hydrogen-bond donors (Lipinski definition) is 4. The zero-order chi connectivity index (χ0) is 16.7. The number of hydrogen-bond acceptors (Lipinski definition) is 5. The van der Waals surface area contributed by atoms with Gasteiger partial charge in [-0.1, -0.05) is 13.8 Å². The first-order chi connectivity index (χ1) is 10.3. The number of aryl methyl sites for hydroxylation is 1. The number of aliphatic hydroxyl groups is 1. The molecule has 0 aliphatic heterocycles. The van der Waals surface area contributed by atoms with Crippen molar-refractivity contribution in [3.63, 3.8) is 0 Å². The van der Waals surface area contributed by atoms with Crippen LogP contribution in [0.2, 0.25) is 0 Å². The highest BCUT2D eigenvalue weighted by molar-refractivity contribution is 7.99. The number of amides is 1. The maximum absolute atomic E-state index is 11.8. The summed E-state index contributed by atoms with van der Waals surface area (Å²) < 4.78 is 0. The van der Waals surface area contributed by atoms with Crippen LogP contribution >= 0.6 is 11.8 Å². The Labute approximate surface area is 132 Å². The number of carbonyl (C=O) groups is 1. The molecule has 0 saturated heterocycles. The zero-order valence-corrected chi connectivity index (χ0v) is 13.6. The number of thioether (sulfide) groups is 1. The van der Waals surface area contributed by atoms with Crippen molar-refractivity contribution < 1.29 is 9.90 Å². The summed E-state index contributed by atoms with van der Waals surface area (Å²) >= 11 is 1.63. The lowest BCUT2D eigenvalue weighted by molar-refractivity contribution is -0.117. The Kier molecular flexibility index (Phi) is 7.13. The highest BCUT2D eigenvalue weighted by Crippen LogP contribution is 2.10. The molecule has 1 atom stereocenters.